The predicted octanol–water partition coefficient (Wildman–Crippen LogP) is 4.44. The molecule has 3 heterocycles. The fraction of sp³-hybridized carbons (Fsp3) is 0.0476. The van der Waals surface area contributed by atoms with Gasteiger partial charge in [-0.15, -0.1) is 5.10 Å². The third-order valence-electron chi connectivity index (χ3n) is 4.59. The number of para-hydroxylation sites is 1. The largest absolute Gasteiger partial charge is 0.488 e. The highest BCUT2D eigenvalue weighted by molar-refractivity contribution is 6.30. The number of nitrogens with zero attached hydrogens (tertiary/aromatic N) is 5. The molecule has 2 aromatic carbocycles. The Morgan fingerprint density at radius 1 is 1.03 bits per heavy atom. The van der Waals surface area contributed by atoms with Gasteiger partial charge in [-0.2, -0.15) is 0 Å². The van der Waals surface area contributed by atoms with Gasteiger partial charge >= 0.3 is 0 Å². The first-order chi connectivity index (χ1) is 14.3. The first-order valence-electron chi connectivity index (χ1n) is 8.96. The van der Waals surface area contributed by atoms with E-state index in [1.807, 2.05) is 71.4 Å². The number of tetrazole rings is 1. The van der Waals surface area contributed by atoms with Gasteiger partial charge in [-0.05, 0) is 52.4 Å². The molecule has 142 valence electrons. The Kier molecular flexibility index (Phi) is 4.42. The second-order valence-electron chi connectivity index (χ2n) is 6.44. The van der Waals surface area contributed by atoms with E-state index in [1.54, 1.807) is 6.20 Å². The van der Waals surface area contributed by atoms with E-state index in [2.05, 4.69) is 25.6 Å². The van der Waals surface area contributed by atoms with Crippen molar-refractivity contribution in [1.82, 2.24) is 30.2 Å². The number of rotatable bonds is 5. The molecule has 0 aliphatic carbocycles. The maximum Gasteiger partial charge on any atom is 0.196 e. The number of nitrogens with one attached hydrogen (secondary N) is 1. The molecule has 5 aromatic rings. The summed E-state index contributed by atoms with van der Waals surface area (Å²) in [5.41, 5.74) is 3.70. The lowest BCUT2D eigenvalue weighted by Crippen LogP contribution is -1.99. The molecule has 0 aliphatic rings. The molecule has 0 unspecified atom stereocenters. The van der Waals surface area contributed by atoms with Gasteiger partial charge in [-0.1, -0.05) is 35.9 Å². The number of hydrogen-bond acceptors (Lipinski definition) is 5. The Balaban J connectivity index is 1.38. The van der Waals surface area contributed by atoms with Crippen molar-refractivity contribution in [3.63, 3.8) is 0 Å². The third-order valence-corrected chi connectivity index (χ3v) is 4.80. The lowest BCUT2D eigenvalue weighted by atomic mass is 10.2. The molecule has 29 heavy (non-hydrogen) atoms. The Hall–Kier alpha value is -3.71. The number of halogens is 1. The third kappa shape index (κ3) is 3.43. The van der Waals surface area contributed by atoms with Crippen LogP contribution in [0.4, 0.5) is 0 Å². The Labute approximate surface area is 170 Å². The SMILES string of the molecule is Clc1cc(-c2nnn[nH]2)n(-c2ccc(COc3ccnc4ccccc34)cc2)c1. The molecule has 7 nitrogen and oxygen atoms in total. The van der Waals surface area contributed by atoms with Crippen molar-refractivity contribution in [2.24, 2.45) is 0 Å². The van der Waals surface area contributed by atoms with Crippen LogP contribution < -0.4 is 4.74 Å². The molecule has 0 bridgehead atoms. The molecular formula is C21H15ClN6O. The summed E-state index contributed by atoms with van der Waals surface area (Å²) in [6.07, 6.45) is 3.59. The average molecular weight is 403 g/mol. The van der Waals surface area contributed by atoms with E-state index in [9.17, 15) is 0 Å². The van der Waals surface area contributed by atoms with E-state index in [-0.39, 0.29) is 0 Å². The van der Waals surface area contributed by atoms with Crippen LogP contribution in [0.5, 0.6) is 5.75 Å². The summed E-state index contributed by atoms with van der Waals surface area (Å²) in [5, 5.41) is 15.6. The van der Waals surface area contributed by atoms with Crippen molar-refractivity contribution in [2.75, 3.05) is 0 Å². The zero-order valence-corrected chi connectivity index (χ0v) is 15.9. The minimum atomic E-state index is 0.458. The van der Waals surface area contributed by atoms with Crippen molar-refractivity contribution in [2.45, 2.75) is 6.61 Å². The molecule has 0 radical (unpaired) electrons. The van der Waals surface area contributed by atoms with Crippen molar-refractivity contribution in [3.05, 3.63) is 83.6 Å². The molecule has 1 N–H and O–H groups in total. The number of aromatic nitrogens is 6. The Morgan fingerprint density at radius 3 is 2.72 bits per heavy atom. The molecule has 0 atom stereocenters. The topological polar surface area (TPSA) is 81.5 Å². The summed E-state index contributed by atoms with van der Waals surface area (Å²) in [7, 11) is 0. The van der Waals surface area contributed by atoms with E-state index >= 15 is 0 Å². The Bertz CT molecular complexity index is 1260. The smallest absolute Gasteiger partial charge is 0.196 e. The van der Waals surface area contributed by atoms with Crippen LogP contribution in [-0.4, -0.2) is 30.2 Å². The molecule has 0 aliphatic heterocycles. The van der Waals surface area contributed by atoms with Gasteiger partial charge in [0.05, 0.1) is 16.2 Å². The molecule has 0 saturated heterocycles. The highest BCUT2D eigenvalue weighted by atomic mass is 35.5. The number of H-pyrrole nitrogens is 1. The van der Waals surface area contributed by atoms with Crippen LogP contribution in [0.3, 0.4) is 0 Å². The average Bonchev–Trinajstić information content (AvgIpc) is 3.42. The molecule has 3 aromatic heterocycles. The van der Waals surface area contributed by atoms with Gasteiger partial charge in [0.25, 0.3) is 0 Å². The summed E-state index contributed by atoms with van der Waals surface area (Å²) >= 11 is 6.20. The van der Waals surface area contributed by atoms with Crippen molar-refractivity contribution in [1.29, 1.82) is 0 Å². The molecule has 8 heteroatoms. The maximum atomic E-state index is 6.20. The summed E-state index contributed by atoms with van der Waals surface area (Å²) in [4.78, 5) is 4.36. The van der Waals surface area contributed by atoms with E-state index in [0.717, 1.165) is 33.6 Å². The number of hydrogen-bond donors (Lipinski definition) is 1. The van der Waals surface area contributed by atoms with Gasteiger partial charge < -0.3 is 9.30 Å². The predicted molar refractivity (Wildman–Crippen MR) is 110 cm³/mol. The fourth-order valence-electron chi connectivity index (χ4n) is 3.20. The summed E-state index contributed by atoms with van der Waals surface area (Å²) in [6, 6.07) is 19.7. The van der Waals surface area contributed by atoms with Crippen LogP contribution in [-0.2, 0) is 6.61 Å². The second-order valence-corrected chi connectivity index (χ2v) is 6.88. The number of benzene rings is 2. The van der Waals surface area contributed by atoms with Crippen LogP contribution in [0.2, 0.25) is 5.02 Å². The minimum Gasteiger partial charge on any atom is -0.488 e. The van der Waals surface area contributed by atoms with Crippen molar-refractivity contribution in [3.8, 4) is 23.0 Å². The number of fused-ring (bicyclic) bond motifs is 1. The van der Waals surface area contributed by atoms with Crippen LogP contribution in [0.15, 0.2) is 73.1 Å². The minimum absolute atomic E-state index is 0.458. The first-order valence-corrected chi connectivity index (χ1v) is 9.33. The fourth-order valence-corrected chi connectivity index (χ4v) is 3.40. The zero-order valence-electron chi connectivity index (χ0n) is 15.2. The second kappa shape index (κ2) is 7.37. The van der Waals surface area contributed by atoms with Crippen molar-refractivity contribution < 1.29 is 4.74 Å². The van der Waals surface area contributed by atoms with Gasteiger partial charge in [-0.3, -0.25) is 4.98 Å². The monoisotopic (exact) mass is 402 g/mol. The lowest BCUT2D eigenvalue weighted by molar-refractivity contribution is 0.310. The quantitative estimate of drug-likeness (QED) is 0.470. The molecular weight excluding hydrogens is 388 g/mol. The van der Waals surface area contributed by atoms with Gasteiger partial charge in [0.15, 0.2) is 5.82 Å². The standard InChI is InChI=1S/C21H15ClN6O/c22-15-11-19(21-24-26-27-25-21)28(12-15)16-7-5-14(6-8-16)13-29-20-9-10-23-18-4-2-1-3-17(18)20/h1-12H,13H2,(H,24,25,26,27). The normalized spacial score (nSPS) is 11.1. The molecule has 0 fully saturated rings. The van der Waals surface area contributed by atoms with Gasteiger partial charge in [0.2, 0.25) is 0 Å². The molecule has 0 amide bonds. The van der Waals surface area contributed by atoms with Gasteiger partial charge in [-0.25, -0.2) is 5.10 Å². The Morgan fingerprint density at radius 2 is 1.90 bits per heavy atom. The molecule has 5 rings (SSSR count). The highest BCUT2D eigenvalue weighted by Crippen LogP contribution is 2.27. The number of pyridine rings is 1. The summed E-state index contributed by atoms with van der Waals surface area (Å²) < 4.78 is 7.97. The van der Waals surface area contributed by atoms with Gasteiger partial charge in [0.1, 0.15) is 12.4 Å². The zero-order chi connectivity index (χ0) is 19.6. The lowest BCUT2D eigenvalue weighted by Gasteiger charge is -2.11. The number of aromatic amines is 1. The summed E-state index contributed by atoms with van der Waals surface area (Å²) in [6.45, 7) is 0.458. The van der Waals surface area contributed by atoms with Crippen molar-refractivity contribution >= 4 is 22.5 Å². The van der Waals surface area contributed by atoms with E-state index in [4.69, 9.17) is 16.3 Å². The molecule has 0 spiro atoms. The van der Waals surface area contributed by atoms with E-state index in [0.29, 0.717) is 17.5 Å². The highest BCUT2D eigenvalue weighted by Gasteiger charge is 2.12. The summed E-state index contributed by atoms with van der Waals surface area (Å²) in [5.74, 6) is 1.37. The van der Waals surface area contributed by atoms with Crippen LogP contribution in [0.25, 0.3) is 28.1 Å². The van der Waals surface area contributed by atoms with Gasteiger partial charge in [0, 0.05) is 23.5 Å². The molecule has 0 saturated carbocycles. The van der Waals surface area contributed by atoms with Crippen LogP contribution in [0, 0.1) is 0 Å². The maximum absolute atomic E-state index is 6.20. The van der Waals surface area contributed by atoms with E-state index in [1.165, 1.54) is 0 Å². The first kappa shape index (κ1) is 17.4. The van der Waals surface area contributed by atoms with E-state index < -0.39 is 0 Å². The number of ether oxygens (including phenoxy) is 1. The van der Waals surface area contributed by atoms with Crippen LogP contribution in [0.1, 0.15) is 5.56 Å². The van der Waals surface area contributed by atoms with Crippen LogP contribution >= 0.6 is 11.6 Å².